The number of hydrogen-bond acceptors (Lipinski definition) is 8. The second-order valence-corrected chi connectivity index (χ2v) is 12.8. The van der Waals surface area contributed by atoms with Gasteiger partial charge in [0.2, 0.25) is 17.7 Å². The second kappa shape index (κ2) is 20.2. The van der Waals surface area contributed by atoms with Crippen molar-refractivity contribution in [2.24, 2.45) is 0 Å². The summed E-state index contributed by atoms with van der Waals surface area (Å²) in [6.07, 6.45) is 1.19. The first-order chi connectivity index (χ1) is 24.8. The van der Waals surface area contributed by atoms with Crippen molar-refractivity contribution in [3.63, 3.8) is 0 Å². The molecule has 0 aliphatic carbocycles. The smallest absolute Gasteiger partial charge is 0.395 e. The van der Waals surface area contributed by atoms with E-state index in [2.05, 4.69) is 16.0 Å². The number of nitrogens with zero attached hydrogens (tertiary/aromatic N) is 1. The molecule has 15 heteroatoms. The van der Waals surface area contributed by atoms with Gasteiger partial charge in [-0.05, 0) is 54.2 Å². The molecular formula is C37H42N4O10S. The number of hydrogen-bond donors (Lipinski definition) is 6. The summed E-state index contributed by atoms with van der Waals surface area (Å²) >= 11 is 1.40. The van der Waals surface area contributed by atoms with Crippen LogP contribution in [-0.2, 0) is 47.4 Å². The van der Waals surface area contributed by atoms with Crippen molar-refractivity contribution >= 4 is 64.7 Å². The lowest BCUT2D eigenvalue weighted by Gasteiger charge is -2.26. The number of aromatic carboxylic acids is 1. The van der Waals surface area contributed by atoms with Crippen molar-refractivity contribution < 1.29 is 48.9 Å². The van der Waals surface area contributed by atoms with Crippen molar-refractivity contribution in [2.45, 2.75) is 63.8 Å². The molecule has 0 saturated carbocycles. The Morgan fingerprint density at radius 3 is 2.12 bits per heavy atom. The summed E-state index contributed by atoms with van der Waals surface area (Å²) in [7, 11) is 0. The van der Waals surface area contributed by atoms with Gasteiger partial charge in [0.15, 0.2) is 0 Å². The molecule has 6 N–H and O–H groups in total. The Kier molecular flexibility index (Phi) is 15.8. The fourth-order valence-corrected chi connectivity index (χ4v) is 6.31. The van der Waals surface area contributed by atoms with Crippen LogP contribution in [0.3, 0.4) is 0 Å². The molecule has 0 fully saturated rings. The average Bonchev–Trinajstić information content (AvgIpc) is 3.11. The number of carboxylic acids is 3. The first-order valence-electron chi connectivity index (χ1n) is 16.5. The molecule has 0 heterocycles. The standard InChI is InChI=1S/C37H42N4O10S/c1-3-26-19-25(16-17-30(26)41(34(45)37(50)51)31-14-8-7-13-27(31)35(46)47)20-28(39-23(2)42)33(44)38-18-10-9-15-32(43)40-29(36(48)49)22-52-21-24-11-5-4-6-12-24/h4-8,11-14,16-17,19,28-29H,3,9-10,15,18,20-22H2,1-2H3,(H,38,44)(H,39,42)(H,40,43)(H,46,47)(H,48,49)(H,50,51). The van der Waals surface area contributed by atoms with Crippen LogP contribution in [0.4, 0.5) is 11.4 Å². The van der Waals surface area contributed by atoms with Crippen LogP contribution in [0.5, 0.6) is 0 Å². The number of carboxylic acid groups (broad SMARTS) is 3. The number of aliphatic carboxylic acids is 2. The number of rotatable bonds is 19. The van der Waals surface area contributed by atoms with Gasteiger partial charge >= 0.3 is 23.8 Å². The molecule has 14 nitrogen and oxygen atoms in total. The number of thioether (sulfide) groups is 1. The third-order valence-corrected chi connectivity index (χ3v) is 8.93. The first-order valence-corrected chi connectivity index (χ1v) is 17.7. The largest absolute Gasteiger partial charge is 0.480 e. The van der Waals surface area contributed by atoms with Gasteiger partial charge in [-0.15, -0.1) is 0 Å². The molecule has 3 aromatic carbocycles. The van der Waals surface area contributed by atoms with Crippen LogP contribution in [0, 0.1) is 0 Å². The Morgan fingerprint density at radius 1 is 0.788 bits per heavy atom. The van der Waals surface area contributed by atoms with Gasteiger partial charge in [-0.2, -0.15) is 11.8 Å². The fraction of sp³-hybridized carbons (Fsp3) is 0.324. The van der Waals surface area contributed by atoms with E-state index in [0.717, 1.165) is 10.5 Å². The molecule has 0 aliphatic rings. The SMILES string of the molecule is CCc1cc(CC(NC(C)=O)C(=O)NCCCCC(=O)NC(CSCc2ccccc2)C(=O)O)ccc1N(C(=O)C(=O)O)c1ccccc1C(=O)O. The predicted molar refractivity (Wildman–Crippen MR) is 194 cm³/mol. The molecule has 276 valence electrons. The van der Waals surface area contributed by atoms with Crippen LogP contribution in [-0.4, -0.2) is 81.2 Å². The van der Waals surface area contributed by atoms with E-state index in [-0.39, 0.29) is 42.1 Å². The van der Waals surface area contributed by atoms with Crippen LogP contribution in [0.25, 0.3) is 0 Å². The Morgan fingerprint density at radius 2 is 1.48 bits per heavy atom. The Balaban J connectivity index is 1.61. The number of anilines is 2. The summed E-state index contributed by atoms with van der Waals surface area (Å²) in [5.74, 6) is -6.16. The summed E-state index contributed by atoms with van der Waals surface area (Å²) in [6, 6.07) is 17.8. The molecule has 0 aliphatic heterocycles. The zero-order valence-electron chi connectivity index (χ0n) is 28.8. The normalized spacial score (nSPS) is 11.8. The number of amides is 4. The molecule has 0 radical (unpaired) electrons. The van der Waals surface area contributed by atoms with E-state index in [1.165, 1.54) is 49.0 Å². The summed E-state index contributed by atoms with van der Waals surface area (Å²) in [5, 5.41) is 36.7. The zero-order chi connectivity index (χ0) is 38.2. The quantitative estimate of drug-likeness (QED) is 0.0773. The van der Waals surface area contributed by atoms with Gasteiger partial charge in [0.25, 0.3) is 0 Å². The average molecular weight is 735 g/mol. The Hall–Kier alpha value is -5.70. The van der Waals surface area contributed by atoms with Crippen molar-refractivity contribution in [2.75, 3.05) is 17.2 Å². The summed E-state index contributed by atoms with van der Waals surface area (Å²) in [5.41, 5.74) is 1.87. The lowest BCUT2D eigenvalue weighted by atomic mass is 9.99. The number of benzene rings is 3. The lowest BCUT2D eigenvalue weighted by Crippen LogP contribution is -2.47. The molecule has 3 aromatic rings. The maximum absolute atomic E-state index is 13.1. The summed E-state index contributed by atoms with van der Waals surface area (Å²) in [4.78, 5) is 86.7. The molecule has 0 aromatic heterocycles. The third-order valence-electron chi connectivity index (χ3n) is 7.82. The minimum Gasteiger partial charge on any atom is -0.480 e. The molecule has 3 rings (SSSR count). The van der Waals surface area contributed by atoms with Gasteiger partial charge in [-0.25, -0.2) is 14.4 Å². The van der Waals surface area contributed by atoms with E-state index in [4.69, 9.17) is 0 Å². The topological polar surface area (TPSA) is 220 Å². The minimum absolute atomic E-state index is 0.0402. The van der Waals surface area contributed by atoms with Gasteiger partial charge in [0, 0.05) is 37.8 Å². The Labute approximate surface area is 305 Å². The van der Waals surface area contributed by atoms with Crippen LogP contribution in [0.15, 0.2) is 72.8 Å². The van der Waals surface area contributed by atoms with E-state index < -0.39 is 53.6 Å². The number of nitrogens with one attached hydrogen (secondary N) is 3. The molecule has 2 unspecified atom stereocenters. The van der Waals surface area contributed by atoms with Gasteiger partial charge < -0.3 is 31.3 Å². The van der Waals surface area contributed by atoms with Crippen molar-refractivity contribution in [3.05, 3.63) is 95.1 Å². The number of para-hydroxylation sites is 1. The van der Waals surface area contributed by atoms with Crippen LogP contribution in [0.1, 0.15) is 60.2 Å². The maximum atomic E-state index is 13.1. The number of carbonyl (C=O) groups excluding carboxylic acids is 4. The van der Waals surface area contributed by atoms with Crippen molar-refractivity contribution in [1.82, 2.24) is 16.0 Å². The fourth-order valence-electron chi connectivity index (χ4n) is 5.31. The number of carbonyl (C=O) groups is 7. The van der Waals surface area contributed by atoms with E-state index in [1.807, 2.05) is 30.3 Å². The predicted octanol–water partition coefficient (Wildman–Crippen LogP) is 3.53. The molecular weight excluding hydrogens is 692 g/mol. The van der Waals surface area contributed by atoms with Crippen LogP contribution < -0.4 is 20.9 Å². The molecule has 52 heavy (non-hydrogen) atoms. The number of aryl methyl sites for hydroxylation is 1. The molecule has 0 bridgehead atoms. The summed E-state index contributed by atoms with van der Waals surface area (Å²) in [6.45, 7) is 3.21. The summed E-state index contributed by atoms with van der Waals surface area (Å²) < 4.78 is 0. The van der Waals surface area contributed by atoms with Crippen LogP contribution in [0.2, 0.25) is 0 Å². The molecule has 2 atom stereocenters. The highest BCUT2D eigenvalue weighted by Crippen LogP contribution is 2.33. The van der Waals surface area contributed by atoms with E-state index in [9.17, 15) is 48.9 Å². The molecule has 0 saturated heterocycles. The molecule has 0 spiro atoms. The molecule has 4 amide bonds. The van der Waals surface area contributed by atoms with Gasteiger partial charge in [0.05, 0.1) is 16.9 Å². The van der Waals surface area contributed by atoms with E-state index in [1.54, 1.807) is 19.1 Å². The van der Waals surface area contributed by atoms with Crippen molar-refractivity contribution in [1.29, 1.82) is 0 Å². The van der Waals surface area contributed by atoms with E-state index >= 15 is 0 Å². The van der Waals surface area contributed by atoms with E-state index in [0.29, 0.717) is 36.1 Å². The van der Waals surface area contributed by atoms with Gasteiger partial charge in [-0.1, -0.05) is 61.5 Å². The second-order valence-electron chi connectivity index (χ2n) is 11.7. The van der Waals surface area contributed by atoms with Crippen molar-refractivity contribution in [3.8, 4) is 0 Å². The Bertz CT molecular complexity index is 1770. The zero-order valence-corrected chi connectivity index (χ0v) is 29.6. The first kappa shape index (κ1) is 40.7. The highest BCUT2D eigenvalue weighted by Gasteiger charge is 2.30. The van der Waals surface area contributed by atoms with Gasteiger partial charge in [-0.3, -0.25) is 24.1 Å². The highest BCUT2D eigenvalue weighted by molar-refractivity contribution is 7.98. The highest BCUT2D eigenvalue weighted by atomic mass is 32.2. The number of unbranched alkanes of at least 4 members (excludes halogenated alkanes) is 1. The van der Waals surface area contributed by atoms with Crippen LogP contribution >= 0.6 is 11.8 Å². The van der Waals surface area contributed by atoms with Gasteiger partial charge in [0.1, 0.15) is 12.1 Å². The minimum atomic E-state index is -1.78. The maximum Gasteiger partial charge on any atom is 0.395 e. The monoisotopic (exact) mass is 734 g/mol. The third kappa shape index (κ3) is 12.3. The lowest BCUT2D eigenvalue weighted by molar-refractivity contribution is -0.148.